The number of thioether (sulfide) groups is 1. The lowest BCUT2D eigenvalue weighted by atomic mass is 9.89. The maximum Gasteiger partial charge on any atom is 0.234 e. The first-order chi connectivity index (χ1) is 15.2. The minimum atomic E-state index is -0.0950. The number of benzene rings is 1. The smallest absolute Gasteiger partial charge is 0.234 e. The zero-order chi connectivity index (χ0) is 21.6. The molecule has 0 atom stereocenters. The second kappa shape index (κ2) is 10.1. The molecule has 0 bridgehead atoms. The first-order valence-corrected chi connectivity index (χ1v) is 12.0. The molecule has 7 nitrogen and oxygen atoms in total. The normalized spacial score (nSPS) is 17.2. The summed E-state index contributed by atoms with van der Waals surface area (Å²) in [6.45, 7) is 5.28. The van der Waals surface area contributed by atoms with Crippen LogP contribution in [0.2, 0.25) is 0 Å². The molecule has 0 spiro atoms. The van der Waals surface area contributed by atoms with Crippen molar-refractivity contribution in [3.63, 3.8) is 0 Å². The quantitative estimate of drug-likeness (QED) is 0.488. The Morgan fingerprint density at radius 2 is 1.94 bits per heavy atom. The summed E-state index contributed by atoms with van der Waals surface area (Å²) in [5, 5.41) is 12.5. The van der Waals surface area contributed by atoms with Gasteiger partial charge in [-0.3, -0.25) is 9.59 Å². The van der Waals surface area contributed by atoms with Crippen LogP contribution in [-0.2, 0) is 16.1 Å². The molecule has 2 aromatic rings. The van der Waals surface area contributed by atoms with Gasteiger partial charge in [-0.15, -0.1) is 16.8 Å². The van der Waals surface area contributed by atoms with Crippen LogP contribution in [-0.4, -0.2) is 38.9 Å². The third-order valence-electron chi connectivity index (χ3n) is 5.90. The molecule has 1 aliphatic carbocycles. The van der Waals surface area contributed by atoms with Crippen molar-refractivity contribution in [1.29, 1.82) is 0 Å². The van der Waals surface area contributed by atoms with E-state index in [0.717, 1.165) is 48.2 Å². The SMILES string of the molecule is C=CCn1c(SCC(=O)Nc2ccc(N3CCCC3=O)cc2)nnc1C1CCCCC1. The molecule has 164 valence electrons. The molecule has 2 aliphatic rings. The van der Waals surface area contributed by atoms with Gasteiger partial charge >= 0.3 is 0 Å². The molecule has 2 fully saturated rings. The van der Waals surface area contributed by atoms with E-state index in [-0.39, 0.29) is 17.6 Å². The maximum absolute atomic E-state index is 12.5. The third-order valence-corrected chi connectivity index (χ3v) is 6.86. The monoisotopic (exact) mass is 439 g/mol. The summed E-state index contributed by atoms with van der Waals surface area (Å²) < 4.78 is 2.10. The van der Waals surface area contributed by atoms with Gasteiger partial charge in [-0.2, -0.15) is 0 Å². The van der Waals surface area contributed by atoms with Gasteiger partial charge in [0.1, 0.15) is 5.82 Å². The largest absolute Gasteiger partial charge is 0.325 e. The number of hydrogen-bond acceptors (Lipinski definition) is 5. The molecule has 0 radical (unpaired) electrons. The van der Waals surface area contributed by atoms with Crippen LogP contribution in [0.4, 0.5) is 11.4 Å². The fourth-order valence-corrected chi connectivity index (χ4v) is 5.10. The van der Waals surface area contributed by atoms with E-state index in [4.69, 9.17) is 0 Å². The van der Waals surface area contributed by atoms with E-state index < -0.39 is 0 Å². The Morgan fingerprint density at radius 1 is 1.16 bits per heavy atom. The van der Waals surface area contributed by atoms with Gasteiger partial charge in [0.15, 0.2) is 5.16 Å². The number of hydrogen-bond donors (Lipinski definition) is 1. The van der Waals surface area contributed by atoms with Crippen molar-refractivity contribution >= 4 is 35.0 Å². The summed E-state index contributed by atoms with van der Waals surface area (Å²) in [5.41, 5.74) is 1.60. The predicted molar refractivity (Wildman–Crippen MR) is 123 cm³/mol. The number of amides is 2. The molecule has 0 unspecified atom stereocenters. The molecule has 1 saturated heterocycles. The molecule has 1 aromatic heterocycles. The number of nitrogens with one attached hydrogen (secondary N) is 1. The maximum atomic E-state index is 12.5. The van der Waals surface area contributed by atoms with Crippen LogP contribution < -0.4 is 10.2 Å². The Labute approximate surface area is 187 Å². The van der Waals surface area contributed by atoms with Crippen molar-refractivity contribution in [2.75, 3.05) is 22.5 Å². The second-order valence-corrected chi connectivity index (χ2v) is 9.05. The molecule has 4 rings (SSSR count). The van der Waals surface area contributed by atoms with Gasteiger partial charge in [0.25, 0.3) is 0 Å². The molecule has 1 saturated carbocycles. The predicted octanol–water partition coefficient (Wildman–Crippen LogP) is 4.37. The van der Waals surface area contributed by atoms with Crippen LogP contribution in [0.15, 0.2) is 42.1 Å². The van der Waals surface area contributed by atoms with Crippen LogP contribution in [0.1, 0.15) is 56.7 Å². The van der Waals surface area contributed by atoms with Crippen molar-refractivity contribution in [1.82, 2.24) is 14.8 Å². The summed E-state index contributed by atoms with van der Waals surface area (Å²) in [6.07, 6.45) is 9.43. The lowest BCUT2D eigenvalue weighted by molar-refractivity contribution is -0.117. The summed E-state index contributed by atoms with van der Waals surface area (Å²) in [7, 11) is 0. The number of carbonyl (C=O) groups excluding carboxylic acids is 2. The third kappa shape index (κ3) is 5.18. The fraction of sp³-hybridized carbons (Fsp3) is 0.478. The van der Waals surface area contributed by atoms with Crippen LogP contribution in [0.3, 0.4) is 0 Å². The number of nitrogens with zero attached hydrogens (tertiary/aromatic N) is 4. The Balaban J connectivity index is 1.34. The van der Waals surface area contributed by atoms with E-state index >= 15 is 0 Å². The molecular weight excluding hydrogens is 410 g/mol. The first kappa shape index (κ1) is 21.6. The van der Waals surface area contributed by atoms with Crippen molar-refractivity contribution in [2.45, 2.75) is 62.6 Å². The van der Waals surface area contributed by atoms with Gasteiger partial charge in [0.2, 0.25) is 11.8 Å². The number of anilines is 2. The number of allylic oxidation sites excluding steroid dienone is 1. The molecule has 1 aliphatic heterocycles. The van der Waals surface area contributed by atoms with Crippen molar-refractivity contribution in [3.8, 4) is 0 Å². The molecule has 1 aromatic carbocycles. The number of rotatable bonds is 8. The second-order valence-electron chi connectivity index (χ2n) is 8.11. The van der Waals surface area contributed by atoms with E-state index in [1.54, 1.807) is 4.90 Å². The van der Waals surface area contributed by atoms with E-state index in [9.17, 15) is 9.59 Å². The summed E-state index contributed by atoms with van der Waals surface area (Å²) in [4.78, 5) is 26.1. The van der Waals surface area contributed by atoms with Crippen molar-refractivity contribution < 1.29 is 9.59 Å². The highest BCUT2D eigenvalue weighted by molar-refractivity contribution is 7.99. The highest BCUT2D eigenvalue weighted by atomic mass is 32.2. The van der Waals surface area contributed by atoms with E-state index in [1.165, 1.54) is 31.0 Å². The summed E-state index contributed by atoms with van der Waals surface area (Å²) in [5.74, 6) is 1.79. The molecule has 2 amide bonds. The van der Waals surface area contributed by atoms with Gasteiger partial charge in [-0.1, -0.05) is 37.1 Å². The zero-order valence-corrected chi connectivity index (χ0v) is 18.6. The van der Waals surface area contributed by atoms with E-state index in [1.807, 2.05) is 30.3 Å². The highest BCUT2D eigenvalue weighted by Crippen LogP contribution is 2.33. The van der Waals surface area contributed by atoms with Gasteiger partial charge < -0.3 is 14.8 Å². The van der Waals surface area contributed by atoms with Crippen LogP contribution in [0.5, 0.6) is 0 Å². The first-order valence-electron chi connectivity index (χ1n) is 11.0. The molecular formula is C23H29N5O2S. The minimum absolute atomic E-state index is 0.0950. The Kier molecular flexibility index (Phi) is 7.06. The average molecular weight is 440 g/mol. The number of carbonyl (C=O) groups is 2. The van der Waals surface area contributed by atoms with Gasteiger partial charge in [0.05, 0.1) is 5.75 Å². The van der Waals surface area contributed by atoms with Crippen molar-refractivity contribution in [2.24, 2.45) is 0 Å². The van der Waals surface area contributed by atoms with Crippen LogP contribution in [0, 0.1) is 0 Å². The Hall–Kier alpha value is -2.61. The van der Waals surface area contributed by atoms with Gasteiger partial charge in [-0.05, 0) is 43.5 Å². The lowest BCUT2D eigenvalue weighted by Crippen LogP contribution is -2.23. The Morgan fingerprint density at radius 3 is 2.61 bits per heavy atom. The minimum Gasteiger partial charge on any atom is -0.325 e. The van der Waals surface area contributed by atoms with Crippen LogP contribution in [0.25, 0.3) is 0 Å². The molecule has 1 N–H and O–H groups in total. The standard InChI is InChI=1S/C23H29N5O2S/c1-2-14-28-22(17-7-4-3-5-8-17)25-26-23(28)31-16-20(29)24-18-10-12-19(13-11-18)27-15-6-9-21(27)30/h2,10-13,17H,1,3-9,14-16H2,(H,24,29). The number of aromatic nitrogens is 3. The lowest BCUT2D eigenvalue weighted by Gasteiger charge is -2.21. The molecule has 2 heterocycles. The summed E-state index contributed by atoms with van der Waals surface area (Å²) in [6, 6.07) is 7.43. The molecule has 31 heavy (non-hydrogen) atoms. The van der Waals surface area contributed by atoms with E-state index in [2.05, 4.69) is 26.7 Å². The Bertz CT molecular complexity index is 934. The van der Waals surface area contributed by atoms with E-state index in [0.29, 0.717) is 18.9 Å². The zero-order valence-electron chi connectivity index (χ0n) is 17.8. The highest BCUT2D eigenvalue weighted by Gasteiger charge is 2.24. The fourth-order valence-electron chi connectivity index (χ4n) is 4.34. The van der Waals surface area contributed by atoms with Gasteiger partial charge in [0, 0.05) is 36.8 Å². The average Bonchev–Trinajstić information content (AvgIpc) is 3.40. The topological polar surface area (TPSA) is 80.1 Å². The van der Waals surface area contributed by atoms with Gasteiger partial charge in [-0.25, -0.2) is 0 Å². The van der Waals surface area contributed by atoms with Crippen LogP contribution >= 0.6 is 11.8 Å². The van der Waals surface area contributed by atoms with Crippen molar-refractivity contribution in [3.05, 3.63) is 42.7 Å². The summed E-state index contributed by atoms with van der Waals surface area (Å²) >= 11 is 1.40. The molecule has 8 heteroatoms.